The first-order valence-corrected chi connectivity index (χ1v) is 11.9. The van der Waals surface area contributed by atoms with Gasteiger partial charge in [0.15, 0.2) is 23.5 Å². The van der Waals surface area contributed by atoms with E-state index in [-0.39, 0.29) is 17.1 Å². The lowest BCUT2D eigenvalue weighted by molar-refractivity contribution is -0.175. The third-order valence-electron chi connectivity index (χ3n) is 5.75. The van der Waals surface area contributed by atoms with Crippen LogP contribution in [0.25, 0.3) is 11.2 Å². The summed E-state index contributed by atoms with van der Waals surface area (Å²) in [6.07, 6.45) is -15.1. The van der Waals surface area contributed by atoms with Crippen molar-refractivity contribution in [1.29, 1.82) is 0 Å². The van der Waals surface area contributed by atoms with Gasteiger partial charge in [0.05, 0.1) is 6.61 Å². The van der Waals surface area contributed by atoms with Crippen molar-refractivity contribution in [2.75, 3.05) is 18.7 Å². The van der Waals surface area contributed by atoms with Crippen LogP contribution >= 0.6 is 7.82 Å². The van der Waals surface area contributed by atoms with Gasteiger partial charge in [0.1, 0.15) is 43.2 Å². The van der Waals surface area contributed by atoms with Crippen LogP contribution in [0.4, 0.5) is 5.95 Å². The molecule has 1 fully saturated rings. The molecule has 2 aromatic rings. The quantitative estimate of drug-likeness (QED) is 0.112. The summed E-state index contributed by atoms with van der Waals surface area (Å²) in [7, 11) is -4.35. The van der Waals surface area contributed by atoms with E-state index in [9.17, 15) is 44.8 Å². The van der Waals surface area contributed by atoms with E-state index in [0.717, 1.165) is 9.30 Å². The summed E-state index contributed by atoms with van der Waals surface area (Å²) in [6.45, 7) is -1.76. The number of hydrogen-bond acceptors (Lipinski definition) is 18. The standard InChI is InChI=1S/C16H20N5O15P/c22-1-3(23)6(24)8(26)10(28)14(30)32-2-4-7(25)9(27)13(33-4)20-12-5-11(29)18-15-19-35-37(31,36-21(12)15)34-16(20)17-5/h3-4,6-10,13,22-28H,1-2H2,(H,18,19,29). The van der Waals surface area contributed by atoms with Gasteiger partial charge in [0.25, 0.3) is 5.95 Å². The summed E-state index contributed by atoms with van der Waals surface area (Å²) < 4.78 is 39.8. The molecular formula is C16H20N5O15P. The Balaban J connectivity index is 1.37. The number of esters is 1. The van der Waals surface area contributed by atoms with Crippen molar-refractivity contribution in [2.24, 2.45) is 0 Å². The minimum Gasteiger partial charge on any atom is -0.461 e. The second-order valence-corrected chi connectivity index (χ2v) is 9.56. The SMILES string of the molecule is O=C(OCC1OC(n2c3nc4c(=O)nc5n(c42)OP(=O)(ON5)O3)C(O)C1O)C(O)C(O)C(O)C(O)CO. The van der Waals surface area contributed by atoms with E-state index in [2.05, 4.69) is 15.4 Å². The number of phosphoric acid groups is 1. The fourth-order valence-corrected chi connectivity index (χ4v) is 4.79. The molecule has 5 rings (SSSR count). The average Bonchev–Trinajstić information content (AvgIpc) is 3.34. The number of carbonyl (C=O) groups excluding carboxylic acids is 1. The van der Waals surface area contributed by atoms with Crippen molar-refractivity contribution < 1.29 is 68.4 Å². The third-order valence-corrected chi connectivity index (χ3v) is 6.81. The monoisotopic (exact) mass is 553 g/mol. The zero-order valence-electron chi connectivity index (χ0n) is 18.2. The van der Waals surface area contributed by atoms with Crippen molar-refractivity contribution in [3.63, 3.8) is 0 Å². The maximum atomic E-state index is 12.7. The highest BCUT2D eigenvalue weighted by Crippen LogP contribution is 2.52. The number of nitrogens with one attached hydrogen (secondary N) is 1. The number of rotatable bonds is 8. The zero-order valence-corrected chi connectivity index (χ0v) is 19.1. The van der Waals surface area contributed by atoms with Crippen molar-refractivity contribution in [3.8, 4) is 6.01 Å². The lowest BCUT2D eigenvalue weighted by atomic mass is 10.0. The van der Waals surface area contributed by atoms with E-state index in [0.29, 0.717) is 0 Å². The number of fused-ring (bicyclic) bond motifs is 2. The molecule has 0 radical (unpaired) electrons. The summed E-state index contributed by atoms with van der Waals surface area (Å²) in [6, 6.07) is -0.562. The van der Waals surface area contributed by atoms with Crippen LogP contribution in [0.5, 0.6) is 6.01 Å². The lowest BCUT2D eigenvalue weighted by Crippen LogP contribution is -2.49. The van der Waals surface area contributed by atoms with Crippen LogP contribution < -0.4 is 20.2 Å². The first-order chi connectivity index (χ1) is 17.5. The molecule has 0 spiro atoms. The highest BCUT2D eigenvalue weighted by molar-refractivity contribution is 7.49. The molecule has 4 bridgehead atoms. The van der Waals surface area contributed by atoms with E-state index < -0.39 is 87.5 Å². The Hall–Kier alpha value is -2.91. The molecule has 0 aromatic carbocycles. The van der Waals surface area contributed by atoms with E-state index in [4.69, 9.17) is 28.4 Å². The number of aliphatic hydroxyl groups is 7. The molecule has 0 saturated carbocycles. The molecule has 3 aliphatic rings. The molecule has 37 heavy (non-hydrogen) atoms. The van der Waals surface area contributed by atoms with Gasteiger partial charge in [-0.15, -0.1) is 9.35 Å². The maximum Gasteiger partial charge on any atom is 0.632 e. The second kappa shape index (κ2) is 9.13. The van der Waals surface area contributed by atoms with Crippen LogP contribution in [0, 0.1) is 0 Å². The normalized spacial score (nSPS) is 31.2. The molecular weight excluding hydrogens is 533 g/mol. The van der Waals surface area contributed by atoms with Gasteiger partial charge < -0.3 is 49.7 Å². The van der Waals surface area contributed by atoms with Gasteiger partial charge in [-0.2, -0.15) is 9.97 Å². The van der Waals surface area contributed by atoms with Crippen molar-refractivity contribution in [1.82, 2.24) is 19.3 Å². The number of hydrogen-bond donors (Lipinski definition) is 8. The molecule has 21 heteroatoms. The van der Waals surface area contributed by atoms with Crippen LogP contribution in [0.1, 0.15) is 6.23 Å². The van der Waals surface area contributed by atoms with Crippen molar-refractivity contribution >= 4 is 30.9 Å². The van der Waals surface area contributed by atoms with Crippen molar-refractivity contribution in [2.45, 2.75) is 49.0 Å². The maximum absolute atomic E-state index is 12.7. The molecule has 2 aromatic heterocycles. The second-order valence-electron chi connectivity index (χ2n) is 8.14. The number of nitrogens with zero attached hydrogens (tertiary/aromatic N) is 4. The Morgan fingerprint density at radius 1 is 1.16 bits per heavy atom. The highest BCUT2D eigenvalue weighted by Gasteiger charge is 2.51. The first-order valence-electron chi connectivity index (χ1n) is 10.5. The van der Waals surface area contributed by atoms with Crippen molar-refractivity contribution in [3.05, 3.63) is 10.4 Å². The van der Waals surface area contributed by atoms with Gasteiger partial charge >= 0.3 is 25.4 Å². The molecule has 1 saturated heterocycles. The molecule has 0 aliphatic carbocycles. The highest BCUT2D eigenvalue weighted by atomic mass is 31.2. The molecule has 9 unspecified atom stereocenters. The van der Waals surface area contributed by atoms with Gasteiger partial charge in [0, 0.05) is 0 Å². The van der Waals surface area contributed by atoms with Crippen LogP contribution in [-0.4, -0.2) is 117 Å². The van der Waals surface area contributed by atoms with Crippen LogP contribution in [0.2, 0.25) is 0 Å². The van der Waals surface area contributed by atoms with Gasteiger partial charge in [-0.05, 0) is 0 Å². The average molecular weight is 553 g/mol. The van der Waals surface area contributed by atoms with E-state index in [1.54, 1.807) is 0 Å². The summed E-state index contributed by atoms with van der Waals surface area (Å²) in [5.74, 6) is -1.84. The topological polar surface area (TPSA) is 287 Å². The molecule has 3 aliphatic heterocycles. The van der Waals surface area contributed by atoms with Crippen LogP contribution in [-0.2, 0) is 23.5 Å². The van der Waals surface area contributed by atoms with Gasteiger partial charge in [-0.1, -0.05) is 0 Å². The Bertz CT molecular complexity index is 1330. The van der Waals surface area contributed by atoms with Gasteiger partial charge in [-0.3, -0.25) is 9.42 Å². The number of anilines is 1. The predicted octanol–water partition coefficient (Wildman–Crippen LogP) is -5.52. The van der Waals surface area contributed by atoms with Crippen LogP contribution in [0.3, 0.4) is 0 Å². The molecule has 0 amide bonds. The molecule has 9 atom stereocenters. The number of carbonyl (C=O) groups is 1. The third kappa shape index (κ3) is 4.12. The number of imidazole rings is 1. The Kier molecular flexibility index (Phi) is 6.35. The van der Waals surface area contributed by atoms with E-state index in [1.807, 2.05) is 0 Å². The fourth-order valence-electron chi connectivity index (χ4n) is 3.81. The smallest absolute Gasteiger partial charge is 0.461 e. The number of aromatic nitrogens is 4. The van der Waals surface area contributed by atoms with E-state index >= 15 is 0 Å². The predicted molar refractivity (Wildman–Crippen MR) is 109 cm³/mol. The van der Waals surface area contributed by atoms with Gasteiger partial charge in [-0.25, -0.2) is 19.4 Å². The summed E-state index contributed by atoms with van der Waals surface area (Å²) >= 11 is 0. The van der Waals surface area contributed by atoms with Crippen LogP contribution in [0.15, 0.2) is 4.79 Å². The molecule has 20 nitrogen and oxygen atoms in total. The number of ether oxygens (including phenoxy) is 2. The lowest BCUT2D eigenvalue weighted by Gasteiger charge is -2.25. The summed E-state index contributed by atoms with van der Waals surface area (Å²) in [5.41, 5.74) is 0.681. The van der Waals surface area contributed by atoms with Gasteiger partial charge in [0.2, 0.25) is 0 Å². The largest absolute Gasteiger partial charge is 0.632 e. The Morgan fingerprint density at radius 2 is 1.89 bits per heavy atom. The van der Waals surface area contributed by atoms with E-state index in [1.165, 1.54) is 0 Å². The summed E-state index contributed by atoms with van der Waals surface area (Å²) in [5, 5.41) is 68.6. The summed E-state index contributed by atoms with van der Waals surface area (Å²) in [4.78, 5) is 32.0. The minimum absolute atomic E-state index is 0.234. The Morgan fingerprint density at radius 3 is 2.59 bits per heavy atom. The minimum atomic E-state index is -4.35. The Labute approximate surface area is 203 Å². The molecule has 8 N–H and O–H groups in total. The number of aliphatic hydroxyl groups excluding tert-OH is 7. The molecule has 204 valence electrons. The molecule has 5 heterocycles. The zero-order chi connectivity index (χ0) is 26.8. The first kappa shape index (κ1) is 25.7. The fraction of sp³-hybridized carbons (Fsp3) is 0.625.